The Kier molecular flexibility index (Phi) is 47.0. The molecule has 0 aliphatic rings. The number of rotatable bonds is 1. The fourth-order valence-electron chi connectivity index (χ4n) is 1.36. The molecule has 3 heteroatoms. The zero-order valence-corrected chi connectivity index (χ0v) is 19.7. The van der Waals surface area contributed by atoms with Gasteiger partial charge in [0.2, 0.25) is 0 Å². The summed E-state index contributed by atoms with van der Waals surface area (Å²) in [6.07, 6.45) is 1.14. The van der Waals surface area contributed by atoms with Crippen LogP contribution in [-0.2, 0) is 16.0 Å². The molecule has 0 N–H and O–H groups in total. The Hall–Kier alpha value is -1.93. The van der Waals surface area contributed by atoms with Crippen LogP contribution in [-0.4, -0.2) is 13.6 Å². The molecule has 0 aliphatic heterocycles. The minimum absolute atomic E-state index is 0.801. The fraction of sp³-hybridized carbons (Fsp3) is 0.417. The number of benzene rings is 2. The van der Waals surface area contributed by atoms with Crippen LogP contribution in [0.3, 0.4) is 0 Å². The van der Waals surface area contributed by atoms with Crippen molar-refractivity contribution in [2.24, 2.45) is 0 Å². The van der Waals surface area contributed by atoms with Gasteiger partial charge in [0.1, 0.15) is 13.6 Å². The number of hydrogen-bond donors (Lipinski definition) is 0. The summed E-state index contributed by atoms with van der Waals surface area (Å²) in [6.45, 7) is 22.3. The van der Waals surface area contributed by atoms with E-state index in [0.29, 0.717) is 0 Å². The number of hydrogen-bond acceptors (Lipinski definition) is 2. The van der Waals surface area contributed by atoms with Crippen LogP contribution in [0, 0.1) is 13.8 Å². The minimum atomic E-state index is 0.801. The van der Waals surface area contributed by atoms with Gasteiger partial charge in [0.15, 0.2) is 0 Å². The van der Waals surface area contributed by atoms with Crippen LogP contribution in [0.2, 0.25) is 5.02 Å². The highest BCUT2D eigenvalue weighted by atomic mass is 35.5. The summed E-state index contributed by atoms with van der Waals surface area (Å²) in [5, 5.41) is 0.801. The van der Waals surface area contributed by atoms with Gasteiger partial charge in [-0.25, -0.2) is 0 Å². The predicted octanol–water partition coefficient (Wildman–Crippen LogP) is 7.91. The van der Waals surface area contributed by atoms with Gasteiger partial charge in [-0.3, -0.25) is 0 Å². The molecule has 0 saturated carbocycles. The Morgan fingerprint density at radius 3 is 1.11 bits per heavy atom. The van der Waals surface area contributed by atoms with Gasteiger partial charge in [-0.15, -0.1) is 0 Å². The lowest BCUT2D eigenvalue weighted by Crippen LogP contribution is -1.77. The van der Waals surface area contributed by atoms with Crippen LogP contribution in [0.1, 0.15) is 65.2 Å². The van der Waals surface area contributed by atoms with E-state index >= 15 is 0 Å². The van der Waals surface area contributed by atoms with Crippen molar-refractivity contribution in [3.05, 3.63) is 70.2 Å². The second-order valence-electron chi connectivity index (χ2n) is 4.13. The van der Waals surface area contributed by atoms with Crippen molar-refractivity contribution in [2.75, 3.05) is 0 Å². The van der Waals surface area contributed by atoms with Gasteiger partial charge in [-0.1, -0.05) is 108 Å². The van der Waals surface area contributed by atoms with Crippen molar-refractivity contribution in [2.45, 2.75) is 68.7 Å². The Morgan fingerprint density at radius 1 is 0.630 bits per heavy atom. The average molecular weight is 397 g/mol. The van der Waals surface area contributed by atoms with E-state index in [1.807, 2.05) is 86.3 Å². The Labute approximate surface area is 174 Å². The standard InChI is InChI=1S/C9H12.C7H7Cl.3C2H6.2CH2O/c1-3-9-6-4-8(2)5-7-9;1-6-2-4-7(8)5-3-6;5*1-2/h4-7H,3H2,1-2H3;2-5H,1H3;3*1-2H3;2*1H2. The molecule has 2 nitrogen and oxygen atoms in total. The molecular formula is C24H41ClO2. The molecule has 2 rings (SSSR count). The van der Waals surface area contributed by atoms with Gasteiger partial charge in [0.05, 0.1) is 0 Å². The summed E-state index contributed by atoms with van der Waals surface area (Å²) < 4.78 is 0. The van der Waals surface area contributed by atoms with Gasteiger partial charge in [0.25, 0.3) is 0 Å². The average Bonchev–Trinajstić information content (AvgIpc) is 2.78. The van der Waals surface area contributed by atoms with Crippen molar-refractivity contribution >= 4 is 25.2 Å². The maximum Gasteiger partial charge on any atom is 0.106 e. The largest absolute Gasteiger partial charge is 0.307 e. The summed E-state index contributed by atoms with van der Waals surface area (Å²) in [6, 6.07) is 16.4. The molecule has 27 heavy (non-hydrogen) atoms. The predicted molar refractivity (Wildman–Crippen MR) is 125 cm³/mol. The van der Waals surface area contributed by atoms with E-state index in [2.05, 4.69) is 38.1 Å². The van der Waals surface area contributed by atoms with Gasteiger partial charge in [-0.2, -0.15) is 0 Å². The zero-order valence-electron chi connectivity index (χ0n) is 18.9. The van der Waals surface area contributed by atoms with Crippen LogP contribution >= 0.6 is 11.6 Å². The summed E-state index contributed by atoms with van der Waals surface area (Å²) in [7, 11) is 0. The van der Waals surface area contributed by atoms with Crippen molar-refractivity contribution < 1.29 is 9.59 Å². The van der Waals surface area contributed by atoms with Crippen molar-refractivity contribution in [1.29, 1.82) is 0 Å². The maximum atomic E-state index is 8.00. The smallest absolute Gasteiger partial charge is 0.106 e. The quantitative estimate of drug-likeness (QED) is 0.490. The van der Waals surface area contributed by atoms with Crippen LogP contribution < -0.4 is 0 Å². The molecule has 0 aromatic heterocycles. The van der Waals surface area contributed by atoms with Crippen LogP contribution in [0.5, 0.6) is 0 Å². The first kappa shape index (κ1) is 36.1. The van der Waals surface area contributed by atoms with Crippen molar-refractivity contribution in [3.8, 4) is 0 Å². The molecule has 2 aromatic rings. The van der Waals surface area contributed by atoms with Gasteiger partial charge in [0, 0.05) is 5.02 Å². The lowest BCUT2D eigenvalue weighted by Gasteiger charge is -1.94. The van der Waals surface area contributed by atoms with Crippen LogP contribution in [0.4, 0.5) is 0 Å². The van der Waals surface area contributed by atoms with E-state index in [1.165, 1.54) is 16.7 Å². The second-order valence-corrected chi connectivity index (χ2v) is 4.57. The number of aryl methyl sites for hydroxylation is 3. The molecule has 2 aromatic carbocycles. The van der Waals surface area contributed by atoms with Crippen LogP contribution in [0.15, 0.2) is 48.5 Å². The molecule has 0 saturated heterocycles. The topological polar surface area (TPSA) is 34.1 Å². The Balaban J connectivity index is -0.0000000822. The molecule has 0 unspecified atom stereocenters. The lowest BCUT2D eigenvalue weighted by molar-refractivity contribution is -0.0987. The summed E-state index contributed by atoms with van der Waals surface area (Å²) in [5.74, 6) is 0. The molecule has 0 fully saturated rings. The normalized spacial score (nSPS) is 6.89. The van der Waals surface area contributed by atoms with E-state index in [1.54, 1.807) is 0 Å². The SMILES string of the molecule is C=O.C=O.CC.CC.CC.CCc1ccc(C)cc1.Cc1ccc(Cl)cc1. The first-order valence-electron chi connectivity index (χ1n) is 9.47. The third kappa shape index (κ3) is 29.1. The first-order chi connectivity index (χ1) is 13.1. The molecule has 0 radical (unpaired) electrons. The molecule has 156 valence electrons. The molecule has 0 amide bonds. The molecule has 0 heterocycles. The van der Waals surface area contributed by atoms with E-state index in [0.717, 1.165) is 11.4 Å². The number of carbonyl (C=O) groups excluding carboxylic acids is 2. The third-order valence-corrected chi connectivity index (χ3v) is 2.79. The first-order valence-corrected chi connectivity index (χ1v) is 9.85. The highest BCUT2D eigenvalue weighted by molar-refractivity contribution is 6.30. The monoisotopic (exact) mass is 396 g/mol. The third-order valence-electron chi connectivity index (χ3n) is 2.54. The molecule has 0 spiro atoms. The number of carbonyl (C=O) groups is 2. The highest BCUT2D eigenvalue weighted by Gasteiger charge is 1.85. The van der Waals surface area contributed by atoms with E-state index in [9.17, 15) is 0 Å². The van der Waals surface area contributed by atoms with Gasteiger partial charge < -0.3 is 9.59 Å². The van der Waals surface area contributed by atoms with Crippen molar-refractivity contribution in [1.82, 2.24) is 0 Å². The van der Waals surface area contributed by atoms with E-state index in [-0.39, 0.29) is 0 Å². The molecule has 0 atom stereocenters. The highest BCUT2D eigenvalue weighted by Crippen LogP contribution is 2.07. The lowest BCUT2D eigenvalue weighted by atomic mass is 10.1. The van der Waals surface area contributed by atoms with E-state index < -0.39 is 0 Å². The zero-order chi connectivity index (χ0) is 22.7. The second kappa shape index (κ2) is 35.2. The molecule has 0 aliphatic carbocycles. The molecular weight excluding hydrogens is 356 g/mol. The van der Waals surface area contributed by atoms with Crippen LogP contribution in [0.25, 0.3) is 0 Å². The van der Waals surface area contributed by atoms with Gasteiger partial charge >= 0.3 is 0 Å². The summed E-state index contributed by atoms with van der Waals surface area (Å²) in [4.78, 5) is 16.0. The van der Waals surface area contributed by atoms with Crippen molar-refractivity contribution in [3.63, 3.8) is 0 Å². The van der Waals surface area contributed by atoms with E-state index in [4.69, 9.17) is 21.2 Å². The fourth-order valence-corrected chi connectivity index (χ4v) is 1.48. The molecule has 0 bridgehead atoms. The summed E-state index contributed by atoms with van der Waals surface area (Å²) >= 11 is 5.61. The summed E-state index contributed by atoms with van der Waals surface area (Å²) in [5.41, 5.74) is 4.00. The number of halogens is 1. The minimum Gasteiger partial charge on any atom is -0.307 e. The Bertz CT molecular complexity index is 442. The van der Waals surface area contributed by atoms with Gasteiger partial charge in [-0.05, 0) is 38.0 Å². The maximum absolute atomic E-state index is 8.00. The Morgan fingerprint density at radius 2 is 0.889 bits per heavy atom.